The summed E-state index contributed by atoms with van der Waals surface area (Å²) in [4.78, 5) is 4.42. The molecule has 20 heavy (non-hydrogen) atoms. The highest BCUT2D eigenvalue weighted by atomic mass is 32.1. The molecule has 3 nitrogen and oxygen atoms in total. The zero-order valence-corrected chi connectivity index (χ0v) is 13.0. The number of nitrogens with two attached hydrogens (primary N) is 1. The summed E-state index contributed by atoms with van der Waals surface area (Å²) < 4.78 is 0. The lowest BCUT2D eigenvalue weighted by molar-refractivity contribution is 0.778. The number of guanidine groups is 1. The highest BCUT2D eigenvalue weighted by Crippen LogP contribution is 2.18. The molecule has 1 aromatic heterocycles. The Morgan fingerprint density at radius 2 is 2.00 bits per heavy atom. The Balaban J connectivity index is 1.97. The standard InChI is InChI=1S/C16H21N3S/c1-11-6-12(2)8-15(7-11)19-16(17)18-9-13(3)14-4-5-20-10-14/h4-8,10,13H,9H2,1-3H3,(H3,17,18,19). The van der Waals surface area contributed by atoms with Crippen LogP contribution in [-0.4, -0.2) is 12.5 Å². The normalized spacial score (nSPS) is 13.2. The summed E-state index contributed by atoms with van der Waals surface area (Å²) in [5, 5.41) is 7.40. The van der Waals surface area contributed by atoms with E-state index in [9.17, 15) is 0 Å². The van der Waals surface area contributed by atoms with Gasteiger partial charge in [-0.05, 0) is 59.5 Å². The molecule has 0 aliphatic heterocycles. The number of nitrogens with one attached hydrogen (secondary N) is 1. The van der Waals surface area contributed by atoms with Crippen LogP contribution in [0, 0.1) is 13.8 Å². The fraction of sp³-hybridized carbons (Fsp3) is 0.312. The highest BCUT2D eigenvalue weighted by molar-refractivity contribution is 7.07. The van der Waals surface area contributed by atoms with Gasteiger partial charge in [-0.15, -0.1) is 0 Å². The maximum Gasteiger partial charge on any atom is 0.193 e. The van der Waals surface area contributed by atoms with Gasteiger partial charge < -0.3 is 11.1 Å². The van der Waals surface area contributed by atoms with Crippen molar-refractivity contribution in [3.8, 4) is 0 Å². The average molecular weight is 287 g/mol. The van der Waals surface area contributed by atoms with E-state index in [1.54, 1.807) is 11.3 Å². The predicted molar refractivity (Wildman–Crippen MR) is 88.8 cm³/mol. The van der Waals surface area contributed by atoms with E-state index in [1.165, 1.54) is 16.7 Å². The number of hydrogen-bond donors (Lipinski definition) is 2. The molecular formula is C16H21N3S. The van der Waals surface area contributed by atoms with E-state index in [1.807, 2.05) is 0 Å². The molecule has 2 aromatic rings. The van der Waals surface area contributed by atoms with E-state index < -0.39 is 0 Å². The van der Waals surface area contributed by atoms with E-state index in [-0.39, 0.29) is 0 Å². The zero-order chi connectivity index (χ0) is 14.5. The number of hydrogen-bond acceptors (Lipinski definition) is 2. The first kappa shape index (κ1) is 14.6. The minimum atomic E-state index is 0.390. The van der Waals surface area contributed by atoms with Crippen LogP contribution in [0.15, 0.2) is 40.0 Å². The molecule has 2 rings (SSSR count). The molecule has 0 saturated carbocycles. The molecule has 0 bridgehead atoms. The van der Waals surface area contributed by atoms with Crippen molar-refractivity contribution in [3.63, 3.8) is 0 Å². The number of thiophene rings is 1. The van der Waals surface area contributed by atoms with Crippen molar-refractivity contribution in [2.45, 2.75) is 26.7 Å². The second-order valence-electron chi connectivity index (χ2n) is 5.19. The Hall–Kier alpha value is -1.81. The van der Waals surface area contributed by atoms with Crippen LogP contribution >= 0.6 is 11.3 Å². The lowest BCUT2D eigenvalue weighted by Gasteiger charge is -2.10. The number of aryl methyl sites for hydroxylation is 2. The molecular weight excluding hydrogens is 266 g/mol. The summed E-state index contributed by atoms with van der Waals surface area (Å²) in [6, 6.07) is 8.41. The van der Waals surface area contributed by atoms with E-state index in [0.29, 0.717) is 18.4 Å². The van der Waals surface area contributed by atoms with Gasteiger partial charge >= 0.3 is 0 Å². The number of benzene rings is 1. The van der Waals surface area contributed by atoms with Crippen LogP contribution in [0.25, 0.3) is 0 Å². The van der Waals surface area contributed by atoms with Gasteiger partial charge in [-0.3, -0.25) is 4.99 Å². The molecule has 0 radical (unpaired) electrons. The van der Waals surface area contributed by atoms with Gasteiger partial charge in [0, 0.05) is 18.2 Å². The quantitative estimate of drug-likeness (QED) is 0.662. The molecule has 0 aliphatic rings. The number of rotatable bonds is 4. The molecule has 0 saturated heterocycles. The van der Waals surface area contributed by atoms with Crippen molar-refractivity contribution in [3.05, 3.63) is 51.7 Å². The Bertz CT molecular complexity index is 568. The zero-order valence-electron chi connectivity index (χ0n) is 12.2. The van der Waals surface area contributed by atoms with Gasteiger partial charge in [0.15, 0.2) is 5.96 Å². The number of aliphatic imine (C=N–C) groups is 1. The Morgan fingerprint density at radius 1 is 1.30 bits per heavy atom. The van der Waals surface area contributed by atoms with Crippen LogP contribution in [0.4, 0.5) is 5.69 Å². The average Bonchev–Trinajstić information content (AvgIpc) is 2.88. The van der Waals surface area contributed by atoms with Gasteiger partial charge in [-0.2, -0.15) is 11.3 Å². The first-order valence-corrected chi connectivity index (χ1v) is 7.66. The summed E-state index contributed by atoms with van der Waals surface area (Å²) in [7, 11) is 0. The summed E-state index contributed by atoms with van der Waals surface area (Å²) in [5.74, 6) is 0.859. The van der Waals surface area contributed by atoms with Gasteiger partial charge in [-0.1, -0.05) is 13.0 Å². The van der Waals surface area contributed by atoms with Crippen LogP contribution in [-0.2, 0) is 0 Å². The fourth-order valence-corrected chi connectivity index (χ4v) is 2.91. The predicted octanol–water partition coefficient (Wildman–Crippen LogP) is 3.90. The SMILES string of the molecule is Cc1cc(C)cc(NC(N)=NCC(C)c2ccsc2)c1. The summed E-state index contributed by atoms with van der Waals surface area (Å²) in [5.41, 5.74) is 10.7. The monoisotopic (exact) mass is 287 g/mol. The molecule has 1 atom stereocenters. The van der Waals surface area contributed by atoms with Gasteiger partial charge in [0.25, 0.3) is 0 Å². The van der Waals surface area contributed by atoms with E-state index >= 15 is 0 Å². The molecule has 0 amide bonds. The van der Waals surface area contributed by atoms with Gasteiger partial charge in [0.1, 0.15) is 0 Å². The summed E-state index contributed by atoms with van der Waals surface area (Å²) in [6.45, 7) is 7.00. The molecule has 1 unspecified atom stereocenters. The van der Waals surface area contributed by atoms with Gasteiger partial charge in [-0.25, -0.2) is 0 Å². The van der Waals surface area contributed by atoms with Crippen molar-refractivity contribution in [1.29, 1.82) is 0 Å². The number of anilines is 1. The van der Waals surface area contributed by atoms with E-state index in [4.69, 9.17) is 5.73 Å². The van der Waals surface area contributed by atoms with E-state index in [0.717, 1.165) is 5.69 Å². The third kappa shape index (κ3) is 4.10. The van der Waals surface area contributed by atoms with Crippen molar-refractivity contribution in [2.75, 3.05) is 11.9 Å². The molecule has 106 valence electrons. The summed E-state index contributed by atoms with van der Waals surface area (Å²) in [6.07, 6.45) is 0. The van der Waals surface area contributed by atoms with Crippen LogP contribution < -0.4 is 11.1 Å². The lowest BCUT2D eigenvalue weighted by Crippen LogP contribution is -2.23. The molecule has 1 heterocycles. The number of nitrogens with zero attached hydrogens (tertiary/aromatic N) is 1. The van der Waals surface area contributed by atoms with Crippen LogP contribution in [0.3, 0.4) is 0 Å². The van der Waals surface area contributed by atoms with Crippen molar-refractivity contribution in [2.24, 2.45) is 10.7 Å². The smallest absolute Gasteiger partial charge is 0.193 e. The molecule has 0 fully saturated rings. The second kappa shape index (κ2) is 6.57. The van der Waals surface area contributed by atoms with Crippen LogP contribution in [0.1, 0.15) is 29.5 Å². The molecule has 1 aromatic carbocycles. The maximum atomic E-state index is 5.95. The minimum Gasteiger partial charge on any atom is -0.370 e. The highest BCUT2D eigenvalue weighted by Gasteiger charge is 2.05. The third-order valence-electron chi connectivity index (χ3n) is 3.14. The van der Waals surface area contributed by atoms with Crippen LogP contribution in [0.2, 0.25) is 0 Å². The fourth-order valence-electron chi connectivity index (χ4n) is 2.13. The molecule has 0 aliphatic carbocycles. The largest absolute Gasteiger partial charge is 0.370 e. The summed E-state index contributed by atoms with van der Waals surface area (Å²) >= 11 is 1.71. The Morgan fingerprint density at radius 3 is 2.60 bits per heavy atom. The molecule has 0 spiro atoms. The third-order valence-corrected chi connectivity index (χ3v) is 3.84. The van der Waals surface area contributed by atoms with Gasteiger partial charge in [0.2, 0.25) is 0 Å². The Labute approximate surface area is 124 Å². The Kier molecular flexibility index (Phi) is 4.79. The van der Waals surface area contributed by atoms with Gasteiger partial charge in [0.05, 0.1) is 0 Å². The van der Waals surface area contributed by atoms with Crippen LogP contribution in [0.5, 0.6) is 0 Å². The minimum absolute atomic E-state index is 0.390. The second-order valence-corrected chi connectivity index (χ2v) is 5.97. The maximum absolute atomic E-state index is 5.95. The topological polar surface area (TPSA) is 50.4 Å². The first-order valence-electron chi connectivity index (χ1n) is 6.72. The molecule has 3 N–H and O–H groups in total. The van der Waals surface area contributed by atoms with Crippen molar-refractivity contribution < 1.29 is 0 Å². The van der Waals surface area contributed by atoms with Crippen molar-refractivity contribution >= 4 is 23.0 Å². The molecule has 4 heteroatoms. The van der Waals surface area contributed by atoms with E-state index in [2.05, 4.69) is 66.1 Å². The lowest BCUT2D eigenvalue weighted by atomic mass is 10.1. The first-order chi connectivity index (χ1) is 9.54. The van der Waals surface area contributed by atoms with Crippen molar-refractivity contribution in [1.82, 2.24) is 0 Å².